The lowest BCUT2D eigenvalue weighted by atomic mass is 10.2. The number of carbonyl (C=O) groups excluding carboxylic acids is 1. The largest absolute Gasteiger partial charge is 0.436 e. The number of benzene rings is 1. The maximum atomic E-state index is 13.2. The van der Waals surface area contributed by atoms with E-state index in [0.717, 1.165) is 23.1 Å². The molecule has 2 aromatic heterocycles. The highest BCUT2D eigenvalue weighted by Crippen LogP contribution is 2.46. The molecule has 1 aliphatic rings. The average molecular weight is 504 g/mol. The fraction of sp³-hybridized carbons (Fsp3) is 0.333. The van der Waals surface area contributed by atoms with Crippen LogP contribution in [0.2, 0.25) is 5.02 Å². The van der Waals surface area contributed by atoms with Gasteiger partial charge in [0.2, 0.25) is 11.9 Å². The predicted molar refractivity (Wildman–Crippen MR) is 106 cm³/mol. The Morgan fingerprint density at radius 1 is 1.27 bits per heavy atom. The van der Waals surface area contributed by atoms with Crippen molar-refractivity contribution in [2.24, 2.45) is 0 Å². The number of rotatable bonds is 6. The van der Waals surface area contributed by atoms with Crippen LogP contribution >= 0.6 is 27.5 Å². The molecule has 0 bridgehead atoms. The highest BCUT2D eigenvalue weighted by Gasteiger charge is 2.42. The highest BCUT2D eigenvalue weighted by atomic mass is 79.9. The van der Waals surface area contributed by atoms with E-state index in [0.29, 0.717) is 17.3 Å². The second kappa shape index (κ2) is 8.03. The number of alkyl halides is 3. The van der Waals surface area contributed by atoms with Gasteiger partial charge in [0.05, 0.1) is 16.7 Å². The lowest BCUT2D eigenvalue weighted by molar-refractivity contribution is -0.142. The van der Waals surface area contributed by atoms with E-state index in [1.807, 2.05) is 18.2 Å². The molecule has 0 spiro atoms. The van der Waals surface area contributed by atoms with Crippen LogP contribution in [0.4, 0.5) is 19.1 Å². The molecule has 1 N–H and O–H groups in total. The molecule has 1 fully saturated rings. The molecule has 1 aromatic carbocycles. The van der Waals surface area contributed by atoms with Crippen molar-refractivity contribution in [3.63, 3.8) is 0 Å². The zero-order chi connectivity index (χ0) is 21.5. The molecule has 30 heavy (non-hydrogen) atoms. The van der Waals surface area contributed by atoms with Crippen molar-refractivity contribution in [1.82, 2.24) is 24.5 Å². The smallest absolute Gasteiger partial charge is 0.292 e. The van der Waals surface area contributed by atoms with Crippen molar-refractivity contribution in [2.45, 2.75) is 38.0 Å². The number of hydrogen-bond donors (Lipinski definition) is 1. The first-order valence-electron chi connectivity index (χ1n) is 8.98. The Morgan fingerprint density at radius 3 is 2.67 bits per heavy atom. The predicted octanol–water partition coefficient (Wildman–Crippen LogP) is 4.47. The Labute approximate surface area is 182 Å². The van der Waals surface area contributed by atoms with Crippen molar-refractivity contribution in [1.29, 1.82) is 0 Å². The van der Waals surface area contributed by atoms with Gasteiger partial charge in [-0.3, -0.25) is 14.8 Å². The third-order valence-corrected chi connectivity index (χ3v) is 5.69. The Kier molecular flexibility index (Phi) is 5.58. The summed E-state index contributed by atoms with van der Waals surface area (Å²) >= 11 is 9.12. The van der Waals surface area contributed by atoms with Gasteiger partial charge in [0.25, 0.3) is 0 Å². The monoisotopic (exact) mass is 502 g/mol. The van der Waals surface area contributed by atoms with Crippen molar-refractivity contribution in [3.05, 3.63) is 57.0 Å². The molecule has 2 heterocycles. The normalized spacial score (nSPS) is 14.2. The average Bonchev–Trinajstić information content (AvgIpc) is 3.31. The van der Waals surface area contributed by atoms with Crippen molar-refractivity contribution >= 4 is 39.4 Å². The van der Waals surface area contributed by atoms with Gasteiger partial charge >= 0.3 is 6.18 Å². The minimum Gasteiger partial charge on any atom is -0.292 e. The van der Waals surface area contributed by atoms with Crippen LogP contribution < -0.4 is 5.32 Å². The molecule has 158 valence electrons. The Hall–Kier alpha value is -2.40. The van der Waals surface area contributed by atoms with Crippen LogP contribution in [-0.4, -0.2) is 30.5 Å². The summed E-state index contributed by atoms with van der Waals surface area (Å²) in [6.45, 7) is -0.0189. The Bertz CT molecular complexity index is 1090. The number of amides is 1. The molecule has 0 saturated heterocycles. The van der Waals surface area contributed by atoms with Gasteiger partial charge in [-0.2, -0.15) is 18.3 Å². The van der Waals surface area contributed by atoms with Crippen LogP contribution in [0.1, 0.15) is 35.7 Å². The summed E-state index contributed by atoms with van der Waals surface area (Å²) in [5.74, 6) is -0.567. The minimum absolute atomic E-state index is 0.0382. The molecule has 1 aliphatic carbocycles. The van der Waals surface area contributed by atoms with Gasteiger partial charge in [-0.1, -0.05) is 29.8 Å². The first-order valence-corrected chi connectivity index (χ1v) is 10.2. The lowest BCUT2D eigenvalue weighted by Gasteiger charge is -2.06. The summed E-state index contributed by atoms with van der Waals surface area (Å²) < 4.78 is 42.0. The zero-order valence-corrected chi connectivity index (χ0v) is 17.7. The van der Waals surface area contributed by atoms with E-state index in [2.05, 4.69) is 36.4 Å². The number of anilines is 1. The van der Waals surface area contributed by atoms with E-state index in [-0.39, 0.29) is 22.9 Å². The van der Waals surface area contributed by atoms with Gasteiger partial charge in [-0.15, -0.1) is 5.10 Å². The number of hydrogen-bond acceptors (Lipinski definition) is 4. The number of carbonyl (C=O) groups is 1. The molecule has 0 aliphatic heterocycles. The molecule has 0 unspecified atom stereocenters. The molecule has 1 saturated carbocycles. The van der Waals surface area contributed by atoms with Crippen LogP contribution in [0.25, 0.3) is 0 Å². The standard InChI is InChI=1S/C18H15BrClF3N6O/c19-14-15(10-5-6-10)29(26-16(14)18(21,22)23)8-13(30)25-17-24-9-28(27-17)7-11-3-1-2-4-12(11)20/h1-4,9-10H,5-8H2,(H,25,27,30). The third kappa shape index (κ3) is 4.51. The van der Waals surface area contributed by atoms with Crippen LogP contribution in [0.5, 0.6) is 0 Å². The molecule has 0 radical (unpaired) electrons. The van der Waals surface area contributed by atoms with E-state index >= 15 is 0 Å². The maximum Gasteiger partial charge on any atom is 0.436 e. The fourth-order valence-corrected chi connectivity index (χ4v) is 4.06. The molecule has 3 aromatic rings. The highest BCUT2D eigenvalue weighted by molar-refractivity contribution is 9.10. The topological polar surface area (TPSA) is 77.6 Å². The van der Waals surface area contributed by atoms with Crippen molar-refractivity contribution in [3.8, 4) is 0 Å². The van der Waals surface area contributed by atoms with E-state index in [9.17, 15) is 18.0 Å². The second-order valence-electron chi connectivity index (χ2n) is 6.88. The molecule has 1 amide bonds. The quantitative estimate of drug-likeness (QED) is 0.538. The van der Waals surface area contributed by atoms with Gasteiger partial charge in [0.15, 0.2) is 5.69 Å². The maximum absolute atomic E-state index is 13.2. The second-order valence-corrected chi connectivity index (χ2v) is 8.08. The molecular formula is C18H15BrClF3N6O. The van der Waals surface area contributed by atoms with Crippen LogP contribution in [-0.2, 0) is 24.1 Å². The first kappa shape index (κ1) is 20.9. The van der Waals surface area contributed by atoms with Crippen molar-refractivity contribution in [2.75, 3.05) is 5.32 Å². The first-order chi connectivity index (χ1) is 14.2. The fourth-order valence-electron chi connectivity index (χ4n) is 3.03. The number of halogens is 5. The Balaban J connectivity index is 1.46. The molecular weight excluding hydrogens is 489 g/mol. The van der Waals surface area contributed by atoms with E-state index in [4.69, 9.17) is 11.6 Å². The van der Waals surface area contributed by atoms with E-state index in [1.165, 1.54) is 11.0 Å². The number of aromatic nitrogens is 5. The van der Waals surface area contributed by atoms with E-state index < -0.39 is 17.8 Å². The van der Waals surface area contributed by atoms with Gasteiger partial charge < -0.3 is 0 Å². The summed E-state index contributed by atoms with van der Waals surface area (Å²) in [6, 6.07) is 7.25. The van der Waals surface area contributed by atoms with Crippen LogP contribution in [0.15, 0.2) is 35.1 Å². The van der Waals surface area contributed by atoms with Gasteiger partial charge in [-0.25, -0.2) is 9.67 Å². The summed E-state index contributed by atoms with van der Waals surface area (Å²) in [4.78, 5) is 16.4. The molecule has 4 rings (SSSR count). The van der Waals surface area contributed by atoms with Gasteiger partial charge in [-0.05, 0) is 40.4 Å². The molecule has 0 atom stereocenters. The van der Waals surface area contributed by atoms with Crippen LogP contribution in [0.3, 0.4) is 0 Å². The minimum atomic E-state index is -4.61. The summed E-state index contributed by atoms with van der Waals surface area (Å²) in [5, 5.41) is 10.8. The van der Waals surface area contributed by atoms with Gasteiger partial charge in [0, 0.05) is 10.9 Å². The molecule has 7 nitrogen and oxygen atoms in total. The SMILES string of the molecule is O=C(Cn1nc(C(F)(F)F)c(Br)c1C1CC1)Nc1ncn(Cc2ccccc2Cl)n1. The Morgan fingerprint density at radius 2 is 2.00 bits per heavy atom. The zero-order valence-electron chi connectivity index (χ0n) is 15.3. The lowest BCUT2D eigenvalue weighted by Crippen LogP contribution is -2.22. The summed E-state index contributed by atoms with van der Waals surface area (Å²) in [7, 11) is 0. The van der Waals surface area contributed by atoms with E-state index in [1.54, 1.807) is 6.07 Å². The number of nitrogens with zero attached hydrogens (tertiary/aromatic N) is 5. The molecule has 12 heteroatoms. The van der Waals surface area contributed by atoms with Crippen LogP contribution in [0, 0.1) is 0 Å². The van der Waals surface area contributed by atoms with Crippen molar-refractivity contribution < 1.29 is 18.0 Å². The summed E-state index contributed by atoms with van der Waals surface area (Å²) in [6.07, 6.45) is -1.65. The van der Waals surface area contributed by atoms with Gasteiger partial charge in [0.1, 0.15) is 12.9 Å². The summed E-state index contributed by atoms with van der Waals surface area (Å²) in [5.41, 5.74) is 0.186. The third-order valence-electron chi connectivity index (χ3n) is 4.54. The number of nitrogens with one attached hydrogen (secondary N) is 1.